The molecule has 2 aromatic heterocycles. The SMILES string of the molecule is CCC(=O)N1N=C(c2ccccc2)C[C@@H]1c1cn(-c2ccccc2)nc1-c1cccs1. The van der Waals surface area contributed by atoms with Crippen LogP contribution in [0.15, 0.2) is 89.5 Å². The topological polar surface area (TPSA) is 50.5 Å². The fourth-order valence-corrected chi connectivity index (χ4v) is 4.63. The van der Waals surface area contributed by atoms with Gasteiger partial charge in [-0.15, -0.1) is 11.3 Å². The molecular formula is C25H22N4OS. The van der Waals surface area contributed by atoms with E-state index in [4.69, 9.17) is 10.2 Å². The molecule has 1 aliphatic rings. The minimum Gasteiger partial charge on any atom is -0.273 e. The molecule has 0 aliphatic carbocycles. The van der Waals surface area contributed by atoms with E-state index >= 15 is 0 Å². The highest BCUT2D eigenvalue weighted by molar-refractivity contribution is 7.13. The van der Waals surface area contributed by atoms with Gasteiger partial charge in [0.05, 0.1) is 22.3 Å². The molecule has 0 unspecified atom stereocenters. The monoisotopic (exact) mass is 426 g/mol. The number of carbonyl (C=O) groups excluding carboxylic acids is 1. The zero-order valence-electron chi connectivity index (χ0n) is 17.2. The van der Waals surface area contributed by atoms with E-state index in [1.807, 2.05) is 78.3 Å². The first-order valence-corrected chi connectivity index (χ1v) is 11.3. The third-order valence-corrected chi connectivity index (χ3v) is 6.33. The lowest BCUT2D eigenvalue weighted by atomic mass is 9.98. The zero-order valence-corrected chi connectivity index (χ0v) is 18.0. The Balaban J connectivity index is 1.61. The van der Waals surface area contributed by atoms with E-state index in [9.17, 15) is 4.79 Å². The number of hydrazone groups is 1. The van der Waals surface area contributed by atoms with Crippen LogP contribution in [0.25, 0.3) is 16.3 Å². The molecule has 6 heteroatoms. The summed E-state index contributed by atoms with van der Waals surface area (Å²) in [6.45, 7) is 1.88. The van der Waals surface area contributed by atoms with Crippen LogP contribution in [0.2, 0.25) is 0 Å². The number of benzene rings is 2. The maximum atomic E-state index is 12.8. The summed E-state index contributed by atoms with van der Waals surface area (Å²) in [7, 11) is 0. The second-order valence-electron chi connectivity index (χ2n) is 7.41. The lowest BCUT2D eigenvalue weighted by Gasteiger charge is -2.21. The largest absolute Gasteiger partial charge is 0.273 e. The van der Waals surface area contributed by atoms with Gasteiger partial charge in [-0.25, -0.2) is 9.69 Å². The summed E-state index contributed by atoms with van der Waals surface area (Å²) in [6, 6.07) is 24.1. The molecule has 0 fully saturated rings. The quantitative estimate of drug-likeness (QED) is 0.412. The van der Waals surface area contributed by atoms with E-state index in [1.54, 1.807) is 16.3 Å². The van der Waals surface area contributed by atoms with Gasteiger partial charge in [0.2, 0.25) is 5.91 Å². The molecule has 0 saturated carbocycles. The van der Waals surface area contributed by atoms with Crippen molar-refractivity contribution >= 4 is 23.0 Å². The first-order chi connectivity index (χ1) is 15.2. The van der Waals surface area contributed by atoms with Crippen LogP contribution in [0.1, 0.15) is 36.9 Å². The third-order valence-electron chi connectivity index (χ3n) is 5.45. The fraction of sp³-hybridized carbons (Fsp3) is 0.160. The van der Waals surface area contributed by atoms with Crippen molar-refractivity contribution < 1.29 is 4.79 Å². The van der Waals surface area contributed by atoms with Gasteiger partial charge in [0.25, 0.3) is 0 Å². The summed E-state index contributed by atoms with van der Waals surface area (Å²) < 4.78 is 1.90. The molecule has 3 heterocycles. The molecule has 0 N–H and O–H groups in total. The van der Waals surface area contributed by atoms with Crippen LogP contribution in [0.4, 0.5) is 0 Å². The Hall–Kier alpha value is -3.51. The molecule has 154 valence electrons. The highest BCUT2D eigenvalue weighted by atomic mass is 32.1. The van der Waals surface area contributed by atoms with Gasteiger partial charge in [-0.05, 0) is 29.1 Å². The van der Waals surface area contributed by atoms with Crippen molar-refractivity contribution in [2.75, 3.05) is 0 Å². The highest BCUT2D eigenvalue weighted by Gasteiger charge is 2.35. The normalized spacial score (nSPS) is 15.8. The first-order valence-electron chi connectivity index (χ1n) is 10.4. The van der Waals surface area contributed by atoms with E-state index in [0.717, 1.165) is 33.1 Å². The molecule has 5 nitrogen and oxygen atoms in total. The van der Waals surface area contributed by atoms with E-state index in [1.165, 1.54) is 0 Å². The van der Waals surface area contributed by atoms with Crippen LogP contribution < -0.4 is 0 Å². The molecule has 0 saturated heterocycles. The summed E-state index contributed by atoms with van der Waals surface area (Å²) in [5, 5.41) is 13.4. The number of hydrogen-bond acceptors (Lipinski definition) is 4. The molecule has 0 spiro atoms. The summed E-state index contributed by atoms with van der Waals surface area (Å²) in [6.07, 6.45) is 3.12. The number of hydrogen-bond donors (Lipinski definition) is 0. The maximum absolute atomic E-state index is 12.8. The first kappa shape index (κ1) is 19.5. The Morgan fingerprint density at radius 2 is 1.77 bits per heavy atom. The van der Waals surface area contributed by atoms with Gasteiger partial charge in [-0.3, -0.25) is 4.79 Å². The summed E-state index contributed by atoms with van der Waals surface area (Å²) in [4.78, 5) is 13.9. The Labute approximate surface area is 185 Å². The van der Waals surface area contributed by atoms with E-state index < -0.39 is 0 Å². The number of thiophene rings is 1. The van der Waals surface area contributed by atoms with Crippen LogP contribution in [0.3, 0.4) is 0 Å². The Bertz CT molecular complexity index is 1210. The minimum atomic E-state index is -0.183. The minimum absolute atomic E-state index is 0.0144. The number of nitrogens with zero attached hydrogens (tertiary/aromatic N) is 4. The predicted octanol–water partition coefficient (Wildman–Crippen LogP) is 5.69. The van der Waals surface area contributed by atoms with Crippen molar-refractivity contribution in [3.05, 3.63) is 95.5 Å². The van der Waals surface area contributed by atoms with Crippen molar-refractivity contribution in [1.29, 1.82) is 0 Å². The van der Waals surface area contributed by atoms with E-state index in [-0.39, 0.29) is 11.9 Å². The van der Waals surface area contributed by atoms with Gasteiger partial charge in [0, 0.05) is 24.6 Å². The van der Waals surface area contributed by atoms with Gasteiger partial charge in [0.15, 0.2) is 0 Å². The molecule has 1 aliphatic heterocycles. The molecule has 1 atom stereocenters. The molecule has 0 radical (unpaired) electrons. The van der Waals surface area contributed by atoms with Gasteiger partial charge in [0.1, 0.15) is 5.69 Å². The van der Waals surface area contributed by atoms with Crippen molar-refractivity contribution in [2.45, 2.75) is 25.8 Å². The molecular weight excluding hydrogens is 404 g/mol. The summed E-state index contributed by atoms with van der Waals surface area (Å²) in [5.41, 5.74) is 4.89. The van der Waals surface area contributed by atoms with Crippen molar-refractivity contribution in [3.63, 3.8) is 0 Å². The van der Waals surface area contributed by atoms with Crippen LogP contribution in [0.5, 0.6) is 0 Å². The second-order valence-corrected chi connectivity index (χ2v) is 8.36. The predicted molar refractivity (Wildman–Crippen MR) is 124 cm³/mol. The van der Waals surface area contributed by atoms with Crippen LogP contribution in [0, 0.1) is 0 Å². The van der Waals surface area contributed by atoms with Crippen molar-refractivity contribution in [1.82, 2.24) is 14.8 Å². The van der Waals surface area contributed by atoms with Gasteiger partial charge in [-0.2, -0.15) is 10.2 Å². The number of amides is 1. The standard InChI is InChI=1S/C25H22N4OS/c1-2-24(30)29-22(16-21(26-29)18-10-5-3-6-11-18)20-17-28(19-12-7-4-8-13-19)27-25(20)23-14-9-15-31-23/h3-15,17,22H,2,16H2,1H3/t22-/m1/s1. The van der Waals surface area contributed by atoms with E-state index in [2.05, 4.69) is 17.6 Å². The lowest BCUT2D eigenvalue weighted by molar-refractivity contribution is -0.132. The number of para-hydroxylation sites is 1. The second kappa shape index (κ2) is 8.32. The number of aromatic nitrogens is 2. The van der Waals surface area contributed by atoms with Crippen molar-refractivity contribution in [2.24, 2.45) is 5.10 Å². The summed E-state index contributed by atoms with van der Waals surface area (Å²) >= 11 is 1.65. The number of carbonyl (C=O) groups is 1. The molecule has 1 amide bonds. The van der Waals surface area contributed by atoms with E-state index in [0.29, 0.717) is 12.8 Å². The van der Waals surface area contributed by atoms with Crippen LogP contribution >= 0.6 is 11.3 Å². The zero-order chi connectivity index (χ0) is 21.2. The Kier molecular flexibility index (Phi) is 5.22. The van der Waals surface area contributed by atoms with Gasteiger partial charge in [-0.1, -0.05) is 61.5 Å². The Morgan fingerprint density at radius 1 is 1.03 bits per heavy atom. The van der Waals surface area contributed by atoms with Gasteiger partial charge >= 0.3 is 0 Å². The van der Waals surface area contributed by atoms with Crippen LogP contribution in [-0.4, -0.2) is 26.4 Å². The molecule has 2 aromatic carbocycles. The van der Waals surface area contributed by atoms with Gasteiger partial charge < -0.3 is 0 Å². The third kappa shape index (κ3) is 3.70. The molecule has 4 aromatic rings. The van der Waals surface area contributed by atoms with Crippen molar-refractivity contribution in [3.8, 4) is 16.3 Å². The lowest BCUT2D eigenvalue weighted by Crippen LogP contribution is -2.26. The average Bonchev–Trinajstić information content (AvgIpc) is 3.58. The highest BCUT2D eigenvalue weighted by Crippen LogP contribution is 2.39. The average molecular weight is 427 g/mol. The molecule has 0 bridgehead atoms. The molecule has 31 heavy (non-hydrogen) atoms. The Morgan fingerprint density at radius 3 is 2.45 bits per heavy atom. The summed E-state index contributed by atoms with van der Waals surface area (Å²) in [5.74, 6) is 0.0144. The van der Waals surface area contributed by atoms with Crippen LogP contribution in [-0.2, 0) is 4.79 Å². The maximum Gasteiger partial charge on any atom is 0.242 e. The fourth-order valence-electron chi connectivity index (χ4n) is 3.90. The molecule has 5 rings (SSSR count). The number of rotatable bonds is 5. The smallest absolute Gasteiger partial charge is 0.242 e.